The van der Waals surface area contributed by atoms with E-state index in [9.17, 15) is 9.59 Å². The third-order valence-electron chi connectivity index (χ3n) is 5.34. The van der Waals surface area contributed by atoms with E-state index in [1.165, 1.54) is 23.4 Å². The average molecular weight is 510 g/mol. The highest BCUT2D eigenvalue weighted by atomic mass is 32.2. The van der Waals surface area contributed by atoms with Gasteiger partial charge in [-0.25, -0.2) is 0 Å². The van der Waals surface area contributed by atoms with Crippen LogP contribution in [-0.2, 0) is 29.1 Å². The normalized spacial score (nSPS) is 10.9. The van der Waals surface area contributed by atoms with Gasteiger partial charge in [0.05, 0.1) is 26.5 Å². The maximum absolute atomic E-state index is 12.4. The van der Waals surface area contributed by atoms with Gasteiger partial charge in [-0.15, -0.1) is 10.2 Å². The van der Waals surface area contributed by atoms with Gasteiger partial charge in [0.2, 0.25) is 11.8 Å². The molecule has 190 valence electrons. The van der Waals surface area contributed by atoms with Crippen LogP contribution in [-0.4, -0.2) is 46.6 Å². The summed E-state index contributed by atoms with van der Waals surface area (Å²) in [5.41, 5.74) is 2.78. The zero-order chi connectivity index (χ0) is 25.9. The lowest BCUT2D eigenvalue weighted by atomic mass is 10.1. The lowest BCUT2D eigenvalue weighted by molar-refractivity contribution is -0.116. The van der Waals surface area contributed by atoms with Crippen LogP contribution in [0.5, 0.6) is 11.5 Å². The number of nitrogens with one attached hydrogen (secondary N) is 2. The molecule has 0 radical (unpaired) electrons. The van der Waals surface area contributed by atoms with E-state index in [4.69, 9.17) is 9.47 Å². The number of benzene rings is 2. The Labute approximate surface area is 215 Å². The molecule has 3 aromatic rings. The van der Waals surface area contributed by atoms with Gasteiger partial charge < -0.3 is 24.7 Å². The summed E-state index contributed by atoms with van der Waals surface area (Å²) >= 11 is 1.30. The van der Waals surface area contributed by atoms with Crippen molar-refractivity contribution in [3.63, 3.8) is 0 Å². The Hall–Kier alpha value is -3.79. The molecule has 2 aromatic carbocycles. The van der Waals surface area contributed by atoms with Crippen LogP contribution in [0.1, 0.15) is 30.8 Å². The first-order valence-electron chi connectivity index (χ1n) is 11.6. The number of carbonyl (C=O) groups excluding carboxylic acids is 2. The molecule has 2 N–H and O–H groups in total. The van der Waals surface area contributed by atoms with Crippen molar-refractivity contribution in [2.75, 3.05) is 25.3 Å². The minimum atomic E-state index is -0.266. The first-order valence-corrected chi connectivity index (χ1v) is 12.6. The number of anilines is 1. The molecule has 9 nitrogen and oxygen atoms in total. The zero-order valence-corrected chi connectivity index (χ0v) is 21.7. The maximum atomic E-state index is 12.4. The smallest absolute Gasteiger partial charge is 0.244 e. The van der Waals surface area contributed by atoms with Crippen LogP contribution >= 0.6 is 11.8 Å². The van der Waals surface area contributed by atoms with Crippen LogP contribution in [0.2, 0.25) is 0 Å². The van der Waals surface area contributed by atoms with E-state index < -0.39 is 0 Å². The van der Waals surface area contributed by atoms with E-state index in [1.807, 2.05) is 41.8 Å². The van der Waals surface area contributed by atoms with E-state index >= 15 is 0 Å². The van der Waals surface area contributed by atoms with Gasteiger partial charge in [-0.3, -0.25) is 9.59 Å². The predicted octanol–water partition coefficient (Wildman–Crippen LogP) is 3.94. The van der Waals surface area contributed by atoms with Crippen LogP contribution < -0.4 is 20.1 Å². The minimum absolute atomic E-state index is 0.120. The molecule has 36 heavy (non-hydrogen) atoms. The average Bonchev–Trinajstić information content (AvgIpc) is 3.31. The van der Waals surface area contributed by atoms with Gasteiger partial charge in [-0.2, -0.15) is 0 Å². The quantitative estimate of drug-likeness (QED) is 0.281. The van der Waals surface area contributed by atoms with Gasteiger partial charge in [0, 0.05) is 18.3 Å². The van der Waals surface area contributed by atoms with Gasteiger partial charge in [-0.1, -0.05) is 36.9 Å². The monoisotopic (exact) mass is 509 g/mol. The molecule has 1 heterocycles. The summed E-state index contributed by atoms with van der Waals surface area (Å²) in [6, 6.07) is 13.2. The highest BCUT2D eigenvalue weighted by molar-refractivity contribution is 7.99. The van der Waals surface area contributed by atoms with E-state index in [1.54, 1.807) is 32.4 Å². The molecule has 0 fully saturated rings. The molecular weight excluding hydrogens is 478 g/mol. The summed E-state index contributed by atoms with van der Waals surface area (Å²) in [6.45, 7) is 4.88. The largest absolute Gasteiger partial charge is 0.493 e. The number of thioether (sulfide) groups is 1. The molecule has 0 saturated carbocycles. The van der Waals surface area contributed by atoms with E-state index in [2.05, 4.69) is 27.8 Å². The Kier molecular flexibility index (Phi) is 9.93. The lowest BCUT2D eigenvalue weighted by Gasteiger charge is -2.09. The number of carbonyl (C=O) groups is 2. The highest BCUT2D eigenvalue weighted by Gasteiger charge is 2.14. The van der Waals surface area contributed by atoms with E-state index in [-0.39, 0.29) is 24.1 Å². The molecule has 0 aliphatic heterocycles. The second-order valence-corrected chi connectivity index (χ2v) is 8.64. The Morgan fingerprint density at radius 2 is 1.78 bits per heavy atom. The molecule has 0 spiro atoms. The summed E-state index contributed by atoms with van der Waals surface area (Å²) in [4.78, 5) is 24.7. The number of rotatable bonds is 12. The van der Waals surface area contributed by atoms with Crippen molar-refractivity contribution in [3.05, 3.63) is 65.5 Å². The molecule has 1 aromatic heterocycles. The fourth-order valence-corrected chi connectivity index (χ4v) is 4.20. The fraction of sp³-hybridized carbons (Fsp3) is 0.308. The van der Waals surface area contributed by atoms with Crippen LogP contribution in [0.3, 0.4) is 0 Å². The molecule has 2 amide bonds. The topological polar surface area (TPSA) is 107 Å². The second kappa shape index (κ2) is 13.3. The van der Waals surface area contributed by atoms with Crippen LogP contribution in [0.25, 0.3) is 6.08 Å². The zero-order valence-electron chi connectivity index (χ0n) is 20.9. The molecule has 0 atom stereocenters. The Bertz CT molecular complexity index is 1210. The SMILES string of the molecule is CCc1ccc(NC(=O)CSc2nnc(CNC(=O)C=Cc3ccc(OC)c(OC)c3)n2CC)cc1. The number of methoxy groups -OCH3 is 2. The summed E-state index contributed by atoms with van der Waals surface area (Å²) in [5.74, 6) is 1.64. The molecule has 0 saturated heterocycles. The number of ether oxygens (including phenoxy) is 2. The summed E-state index contributed by atoms with van der Waals surface area (Å²) in [7, 11) is 3.13. The minimum Gasteiger partial charge on any atom is -0.493 e. The van der Waals surface area contributed by atoms with Crippen molar-refractivity contribution >= 4 is 35.3 Å². The maximum Gasteiger partial charge on any atom is 0.244 e. The lowest BCUT2D eigenvalue weighted by Crippen LogP contribution is -2.22. The van der Waals surface area contributed by atoms with Crippen molar-refractivity contribution < 1.29 is 19.1 Å². The molecule has 3 rings (SSSR count). The van der Waals surface area contributed by atoms with Gasteiger partial charge in [0.25, 0.3) is 0 Å². The summed E-state index contributed by atoms with van der Waals surface area (Å²) in [6.07, 6.45) is 4.09. The van der Waals surface area contributed by atoms with Crippen LogP contribution in [0, 0.1) is 0 Å². The number of hydrogen-bond donors (Lipinski definition) is 2. The van der Waals surface area contributed by atoms with E-state index in [0.29, 0.717) is 29.0 Å². The molecule has 0 unspecified atom stereocenters. The van der Waals surface area contributed by atoms with Gasteiger partial charge in [-0.05, 0) is 54.8 Å². The molecule has 0 bridgehead atoms. The predicted molar refractivity (Wildman–Crippen MR) is 141 cm³/mol. The second-order valence-electron chi connectivity index (χ2n) is 7.70. The number of amides is 2. The molecular formula is C26H31N5O4S. The molecule has 0 aliphatic rings. The number of hydrogen-bond acceptors (Lipinski definition) is 7. The third kappa shape index (κ3) is 7.35. The van der Waals surface area contributed by atoms with Crippen molar-refractivity contribution in [2.45, 2.75) is 38.5 Å². The standard InChI is InChI=1S/C26H31N5O4S/c1-5-18-7-11-20(12-8-18)28-25(33)17-36-26-30-29-23(31(26)6-2)16-27-24(32)14-10-19-9-13-21(34-3)22(15-19)35-4/h7-15H,5-6,16-17H2,1-4H3,(H,27,32)(H,28,33). The highest BCUT2D eigenvalue weighted by Crippen LogP contribution is 2.28. The number of aromatic nitrogens is 3. The molecule has 0 aliphatic carbocycles. The summed E-state index contributed by atoms with van der Waals surface area (Å²) < 4.78 is 12.4. The van der Waals surface area contributed by atoms with E-state index in [0.717, 1.165) is 17.7 Å². The fourth-order valence-electron chi connectivity index (χ4n) is 3.38. The first-order chi connectivity index (χ1) is 17.5. The van der Waals surface area contributed by atoms with Gasteiger partial charge in [0.1, 0.15) is 0 Å². The van der Waals surface area contributed by atoms with Gasteiger partial charge in [0.15, 0.2) is 22.5 Å². The van der Waals surface area contributed by atoms with Crippen molar-refractivity contribution in [1.29, 1.82) is 0 Å². The van der Waals surface area contributed by atoms with Crippen LogP contribution in [0.15, 0.2) is 53.7 Å². The van der Waals surface area contributed by atoms with Crippen molar-refractivity contribution in [1.82, 2.24) is 20.1 Å². The van der Waals surface area contributed by atoms with Crippen molar-refractivity contribution in [3.8, 4) is 11.5 Å². The third-order valence-corrected chi connectivity index (χ3v) is 6.31. The Morgan fingerprint density at radius 1 is 1.03 bits per heavy atom. The summed E-state index contributed by atoms with van der Waals surface area (Å²) in [5, 5.41) is 14.7. The van der Waals surface area contributed by atoms with Crippen LogP contribution in [0.4, 0.5) is 5.69 Å². The van der Waals surface area contributed by atoms with Crippen molar-refractivity contribution in [2.24, 2.45) is 0 Å². The molecule has 10 heteroatoms. The Morgan fingerprint density at radius 3 is 2.44 bits per heavy atom. The Balaban J connectivity index is 1.52. The first kappa shape index (κ1) is 26.8. The number of aryl methyl sites for hydroxylation is 1. The van der Waals surface area contributed by atoms with Gasteiger partial charge >= 0.3 is 0 Å². The number of nitrogens with zero attached hydrogens (tertiary/aromatic N) is 3.